The second kappa shape index (κ2) is 7.91. The molecule has 1 heterocycles. The fourth-order valence-corrected chi connectivity index (χ4v) is 5.36. The summed E-state index contributed by atoms with van der Waals surface area (Å²) in [5.74, 6) is -1.21. The van der Waals surface area contributed by atoms with Gasteiger partial charge in [0.15, 0.2) is 5.78 Å². The van der Waals surface area contributed by atoms with Crippen molar-refractivity contribution < 1.29 is 19.4 Å². The maximum atomic E-state index is 13.2. The Hall–Kier alpha value is -1.60. The number of carbonyl (C=O) groups is 2. The van der Waals surface area contributed by atoms with Gasteiger partial charge in [0.05, 0.1) is 22.1 Å². The van der Waals surface area contributed by atoms with Gasteiger partial charge >= 0.3 is 5.97 Å². The van der Waals surface area contributed by atoms with E-state index < -0.39 is 11.9 Å². The van der Waals surface area contributed by atoms with E-state index in [9.17, 15) is 14.7 Å². The van der Waals surface area contributed by atoms with E-state index in [-0.39, 0.29) is 23.1 Å². The first-order valence-corrected chi connectivity index (χ1v) is 11.1. The van der Waals surface area contributed by atoms with Crippen LogP contribution in [0.1, 0.15) is 58.9 Å². The summed E-state index contributed by atoms with van der Waals surface area (Å²) in [6, 6.07) is 3.48. The summed E-state index contributed by atoms with van der Waals surface area (Å²) in [6.07, 6.45) is 0.762. The van der Waals surface area contributed by atoms with Gasteiger partial charge in [-0.15, -0.1) is 0 Å². The number of halogens is 2. The van der Waals surface area contributed by atoms with Crippen LogP contribution in [-0.4, -0.2) is 23.0 Å². The summed E-state index contributed by atoms with van der Waals surface area (Å²) >= 11 is 6.83. The average molecular weight is 527 g/mol. The molecule has 5 nitrogen and oxygen atoms in total. The number of esters is 1. The Bertz CT molecular complexity index is 960. The highest BCUT2D eigenvalue weighted by molar-refractivity contribution is 9.11. The van der Waals surface area contributed by atoms with Gasteiger partial charge < -0.3 is 15.2 Å². The maximum absolute atomic E-state index is 13.2. The molecule has 1 aliphatic carbocycles. The third-order valence-corrected chi connectivity index (χ3v) is 6.23. The van der Waals surface area contributed by atoms with Gasteiger partial charge in [0, 0.05) is 33.4 Å². The van der Waals surface area contributed by atoms with Crippen molar-refractivity contribution in [3.05, 3.63) is 49.2 Å². The second-order valence-corrected chi connectivity index (χ2v) is 10.5. The van der Waals surface area contributed by atoms with Gasteiger partial charge in [0.25, 0.3) is 0 Å². The number of dihydropyridines is 1. The fraction of sp³-hybridized carbons (Fsp3) is 0.455. The molecule has 0 spiro atoms. The van der Waals surface area contributed by atoms with Crippen LogP contribution >= 0.6 is 31.9 Å². The summed E-state index contributed by atoms with van der Waals surface area (Å²) in [5.41, 5.74) is 2.65. The molecule has 0 amide bonds. The van der Waals surface area contributed by atoms with Crippen LogP contribution in [0.15, 0.2) is 43.6 Å². The molecule has 0 saturated carbocycles. The molecule has 156 valence electrons. The Labute approximate surface area is 187 Å². The highest BCUT2D eigenvalue weighted by atomic mass is 79.9. The minimum Gasteiger partial charge on any atom is -0.506 e. The van der Waals surface area contributed by atoms with E-state index in [1.54, 1.807) is 26.0 Å². The number of phenols is 1. The fourth-order valence-electron chi connectivity index (χ4n) is 4.10. The minimum atomic E-state index is -0.699. The van der Waals surface area contributed by atoms with Crippen molar-refractivity contribution in [1.82, 2.24) is 5.32 Å². The van der Waals surface area contributed by atoms with Crippen molar-refractivity contribution >= 4 is 43.6 Å². The van der Waals surface area contributed by atoms with Crippen LogP contribution in [0.3, 0.4) is 0 Å². The van der Waals surface area contributed by atoms with Crippen LogP contribution in [0.5, 0.6) is 5.75 Å². The van der Waals surface area contributed by atoms with Crippen LogP contribution in [0.25, 0.3) is 0 Å². The first-order valence-electron chi connectivity index (χ1n) is 9.54. The topological polar surface area (TPSA) is 75.6 Å². The van der Waals surface area contributed by atoms with Gasteiger partial charge in [-0.3, -0.25) is 4.79 Å². The van der Waals surface area contributed by atoms with Crippen LogP contribution < -0.4 is 5.32 Å². The largest absolute Gasteiger partial charge is 0.506 e. The van der Waals surface area contributed by atoms with E-state index in [0.29, 0.717) is 39.7 Å². The molecule has 1 aromatic carbocycles. The lowest BCUT2D eigenvalue weighted by Gasteiger charge is -2.39. The van der Waals surface area contributed by atoms with Crippen LogP contribution in [-0.2, 0) is 14.3 Å². The molecule has 7 heteroatoms. The Morgan fingerprint density at radius 1 is 1.28 bits per heavy atom. The Balaban J connectivity index is 2.26. The van der Waals surface area contributed by atoms with Crippen molar-refractivity contribution in [3.8, 4) is 5.75 Å². The van der Waals surface area contributed by atoms with E-state index in [4.69, 9.17) is 4.74 Å². The average Bonchev–Trinajstić information content (AvgIpc) is 2.54. The molecule has 1 atom stereocenters. The molecule has 0 bridgehead atoms. The Morgan fingerprint density at radius 2 is 1.93 bits per heavy atom. The molecule has 3 rings (SSSR count). The van der Waals surface area contributed by atoms with Crippen LogP contribution in [0.4, 0.5) is 0 Å². The Kier molecular flexibility index (Phi) is 6.03. The summed E-state index contributed by atoms with van der Waals surface area (Å²) in [5, 5.41) is 14.1. The van der Waals surface area contributed by atoms with Gasteiger partial charge in [-0.2, -0.15) is 0 Å². The second-order valence-electron chi connectivity index (χ2n) is 8.71. The smallest absolute Gasteiger partial charge is 0.337 e. The lowest BCUT2D eigenvalue weighted by atomic mass is 9.68. The normalized spacial score (nSPS) is 21.2. The number of ketones is 1. The molecule has 0 aromatic heterocycles. The lowest BCUT2D eigenvalue weighted by Crippen LogP contribution is -2.39. The van der Waals surface area contributed by atoms with E-state index in [1.165, 1.54) is 0 Å². The third-order valence-electron chi connectivity index (χ3n) is 5.17. The first-order chi connectivity index (χ1) is 13.4. The van der Waals surface area contributed by atoms with E-state index in [1.807, 2.05) is 6.92 Å². The highest BCUT2D eigenvalue weighted by Crippen LogP contribution is 2.50. The molecule has 0 fully saturated rings. The molecule has 2 N–H and O–H groups in total. The number of phenolic OH excluding ortho intramolecular Hbond substituents is 1. The molecule has 1 aliphatic heterocycles. The molecule has 2 aliphatic rings. The number of Topliss-reactive ketones (excluding diaryl/α,β-unsaturated/α-hetero) is 1. The highest BCUT2D eigenvalue weighted by Gasteiger charge is 2.44. The molecule has 0 radical (unpaired) electrons. The number of aromatic hydroxyl groups is 1. The van der Waals surface area contributed by atoms with Crippen LogP contribution in [0, 0.1) is 5.41 Å². The SMILES string of the molecule is CC1=C(C(=O)OC(C)C)C(c2cc(Br)cc(Br)c2O)C2=C(CC(C)(C)CC2=O)N1. The van der Waals surface area contributed by atoms with Crippen molar-refractivity contribution in [3.63, 3.8) is 0 Å². The van der Waals surface area contributed by atoms with Gasteiger partial charge in [0.1, 0.15) is 5.75 Å². The Morgan fingerprint density at radius 3 is 2.55 bits per heavy atom. The molecule has 0 saturated heterocycles. The number of ether oxygens (including phenoxy) is 1. The van der Waals surface area contributed by atoms with Crippen LogP contribution in [0.2, 0.25) is 0 Å². The number of hydrogen-bond donors (Lipinski definition) is 2. The quantitative estimate of drug-likeness (QED) is 0.510. The van der Waals surface area contributed by atoms with Gasteiger partial charge in [-0.05, 0) is 60.7 Å². The van der Waals surface area contributed by atoms with E-state index in [0.717, 1.165) is 10.2 Å². The van der Waals surface area contributed by atoms with Gasteiger partial charge in [-0.1, -0.05) is 29.8 Å². The summed E-state index contributed by atoms with van der Waals surface area (Å²) in [6.45, 7) is 9.49. The van der Waals surface area contributed by atoms with Crippen molar-refractivity contribution in [2.75, 3.05) is 0 Å². The first kappa shape index (κ1) is 22.1. The minimum absolute atomic E-state index is 0.00670. The predicted octanol–water partition coefficient (Wildman–Crippen LogP) is 5.47. The number of benzene rings is 1. The summed E-state index contributed by atoms with van der Waals surface area (Å²) in [7, 11) is 0. The predicted molar refractivity (Wildman–Crippen MR) is 118 cm³/mol. The molecule has 1 aromatic rings. The summed E-state index contributed by atoms with van der Waals surface area (Å²) < 4.78 is 6.71. The zero-order valence-electron chi connectivity index (χ0n) is 17.2. The maximum Gasteiger partial charge on any atom is 0.337 e. The molecular weight excluding hydrogens is 502 g/mol. The number of allylic oxidation sites excluding steroid dienone is 3. The van der Waals surface area contributed by atoms with Gasteiger partial charge in [-0.25, -0.2) is 4.79 Å². The van der Waals surface area contributed by atoms with E-state index in [2.05, 4.69) is 51.0 Å². The molecule has 1 unspecified atom stereocenters. The van der Waals surface area contributed by atoms with Gasteiger partial charge in [0.2, 0.25) is 0 Å². The zero-order chi connectivity index (χ0) is 21.7. The molecule has 29 heavy (non-hydrogen) atoms. The third kappa shape index (κ3) is 4.31. The number of hydrogen-bond acceptors (Lipinski definition) is 5. The number of nitrogens with one attached hydrogen (secondary N) is 1. The van der Waals surface area contributed by atoms with Crippen molar-refractivity contribution in [2.45, 2.75) is 59.5 Å². The molecular formula is C22H25Br2NO4. The number of carbonyl (C=O) groups excluding carboxylic acids is 2. The summed E-state index contributed by atoms with van der Waals surface area (Å²) in [4.78, 5) is 26.3. The number of rotatable bonds is 3. The van der Waals surface area contributed by atoms with Crippen molar-refractivity contribution in [2.24, 2.45) is 5.41 Å². The van der Waals surface area contributed by atoms with E-state index >= 15 is 0 Å². The van der Waals surface area contributed by atoms with Crippen molar-refractivity contribution in [1.29, 1.82) is 0 Å². The zero-order valence-corrected chi connectivity index (χ0v) is 20.3. The lowest BCUT2D eigenvalue weighted by molar-refractivity contribution is -0.143. The standard InChI is InChI=1S/C22H25Br2NO4/c1-10(2)29-21(28)17-11(3)25-15-8-22(4,5)9-16(26)19(15)18(17)13-6-12(23)7-14(24)20(13)27/h6-7,10,18,25,27H,8-9H2,1-5H3. The monoisotopic (exact) mass is 525 g/mol.